The molecule has 11 heteroatoms. The topological polar surface area (TPSA) is 114 Å². The summed E-state index contributed by atoms with van der Waals surface area (Å²) in [5.74, 6) is 0. The molecule has 0 aliphatic carbocycles. The van der Waals surface area contributed by atoms with Gasteiger partial charge in [0.2, 0.25) is 0 Å². The average molecular weight is 561 g/mol. The molecule has 38 heavy (non-hydrogen) atoms. The van der Waals surface area contributed by atoms with Crippen molar-refractivity contribution in [3.05, 3.63) is 95.6 Å². The molecule has 2 fully saturated rings. The first-order valence-corrected chi connectivity index (χ1v) is 14.9. The van der Waals surface area contributed by atoms with Crippen molar-refractivity contribution in [2.24, 2.45) is 0 Å². The summed E-state index contributed by atoms with van der Waals surface area (Å²) in [6, 6.07) is 21.4. The van der Waals surface area contributed by atoms with Crippen LogP contribution in [-0.2, 0) is 42.8 Å². The minimum Gasteiger partial charge on any atom is -0.370 e. The summed E-state index contributed by atoms with van der Waals surface area (Å²) in [5, 5.41) is 0. The molecule has 0 N–H and O–H groups in total. The number of hydrogen-bond donors (Lipinski definition) is 0. The molecule has 3 aromatic carbocycles. The zero-order valence-corrected chi connectivity index (χ0v) is 22.4. The normalized spacial score (nSPS) is 26.0. The molecule has 0 bridgehead atoms. The van der Waals surface area contributed by atoms with E-state index in [2.05, 4.69) is 0 Å². The first kappa shape index (κ1) is 26.9. The molecule has 0 radical (unpaired) electrons. The predicted molar refractivity (Wildman–Crippen MR) is 136 cm³/mol. The van der Waals surface area contributed by atoms with Crippen LogP contribution >= 0.6 is 0 Å². The number of fused-ring (bicyclic) bond motifs is 1. The van der Waals surface area contributed by atoms with Crippen LogP contribution in [0.3, 0.4) is 0 Å². The van der Waals surface area contributed by atoms with Crippen molar-refractivity contribution in [1.82, 2.24) is 0 Å². The van der Waals surface area contributed by atoms with Gasteiger partial charge in [-0.1, -0.05) is 65.7 Å². The highest BCUT2D eigenvalue weighted by Crippen LogP contribution is 2.36. The van der Waals surface area contributed by atoms with Crippen LogP contribution in [0.2, 0.25) is 0 Å². The van der Waals surface area contributed by atoms with Gasteiger partial charge < -0.3 is 14.2 Å². The highest BCUT2D eigenvalue weighted by atomic mass is 32.2. The van der Waals surface area contributed by atoms with Crippen LogP contribution in [-0.4, -0.2) is 54.5 Å². The Morgan fingerprint density at radius 3 is 1.82 bits per heavy atom. The van der Waals surface area contributed by atoms with E-state index in [1.165, 1.54) is 24.3 Å². The highest BCUT2D eigenvalue weighted by molar-refractivity contribution is 7.87. The molecule has 5 rings (SSSR count). The van der Waals surface area contributed by atoms with Crippen molar-refractivity contribution in [1.29, 1.82) is 0 Å². The van der Waals surface area contributed by atoms with Crippen LogP contribution in [0.5, 0.6) is 0 Å². The lowest BCUT2D eigenvalue weighted by Crippen LogP contribution is -2.60. The number of hydrogen-bond acceptors (Lipinski definition) is 9. The standard InChI is InChI=1S/C27H28O9S2/c1-18-8-12-21(13-9-18)37(28,29)35-24-17-32-23-16-33-27(20-6-4-3-5-7-20)34-25(23)26(24)36-38(30,31)22-14-10-19(2)11-15-22/h3-15,23-27H,16-17H2,1-2H3/t23-,24+,25-,26-,27-/m1/s1. The fourth-order valence-corrected chi connectivity index (χ4v) is 6.50. The largest absolute Gasteiger partial charge is 0.370 e. The SMILES string of the molecule is Cc1ccc(S(=O)(=O)O[C@H]2[C@@H]3O[C@H](c4ccccc4)OC[C@H]3OC[C@@H]2OS(=O)(=O)c2ccc(C)cc2)cc1. The minimum atomic E-state index is -4.32. The fourth-order valence-electron chi connectivity index (χ4n) is 4.32. The number of ether oxygens (including phenoxy) is 3. The summed E-state index contributed by atoms with van der Waals surface area (Å²) in [7, 11) is -8.60. The molecule has 5 atom stereocenters. The van der Waals surface area contributed by atoms with Gasteiger partial charge >= 0.3 is 0 Å². The molecule has 2 heterocycles. The van der Waals surface area contributed by atoms with E-state index in [1.54, 1.807) is 24.3 Å². The third kappa shape index (κ3) is 5.84. The maximum absolute atomic E-state index is 13.3. The van der Waals surface area contributed by atoms with Gasteiger partial charge in [-0.05, 0) is 38.1 Å². The first-order chi connectivity index (χ1) is 18.1. The van der Waals surface area contributed by atoms with Gasteiger partial charge in [0.1, 0.15) is 24.4 Å². The summed E-state index contributed by atoms with van der Waals surface area (Å²) < 4.78 is 81.9. The van der Waals surface area contributed by atoms with Crippen LogP contribution in [0, 0.1) is 13.8 Å². The van der Waals surface area contributed by atoms with E-state index >= 15 is 0 Å². The van der Waals surface area contributed by atoms with Crippen LogP contribution in [0.25, 0.3) is 0 Å². The van der Waals surface area contributed by atoms with Crippen molar-refractivity contribution >= 4 is 20.2 Å². The molecular formula is C27H28O9S2. The smallest absolute Gasteiger partial charge is 0.297 e. The van der Waals surface area contributed by atoms with Crippen LogP contribution in [0.1, 0.15) is 23.0 Å². The van der Waals surface area contributed by atoms with Crippen LogP contribution in [0.15, 0.2) is 88.7 Å². The van der Waals surface area contributed by atoms with Crippen LogP contribution in [0.4, 0.5) is 0 Å². The monoisotopic (exact) mass is 560 g/mol. The second-order valence-electron chi connectivity index (χ2n) is 9.28. The van der Waals surface area contributed by atoms with E-state index < -0.39 is 50.9 Å². The van der Waals surface area contributed by atoms with Crippen molar-refractivity contribution in [2.75, 3.05) is 13.2 Å². The Morgan fingerprint density at radius 1 is 0.684 bits per heavy atom. The summed E-state index contributed by atoms with van der Waals surface area (Å²) in [6.45, 7) is 3.51. The van der Waals surface area contributed by atoms with E-state index in [4.69, 9.17) is 22.6 Å². The minimum absolute atomic E-state index is 0.0691. The quantitative estimate of drug-likeness (QED) is 0.399. The Balaban J connectivity index is 1.47. The van der Waals surface area contributed by atoms with Crippen molar-refractivity contribution < 1.29 is 39.4 Å². The zero-order valence-electron chi connectivity index (χ0n) is 20.8. The van der Waals surface area contributed by atoms with E-state index in [9.17, 15) is 16.8 Å². The fraction of sp³-hybridized carbons (Fsp3) is 0.333. The summed E-state index contributed by atoms with van der Waals surface area (Å²) in [4.78, 5) is -0.140. The van der Waals surface area contributed by atoms with E-state index in [1.807, 2.05) is 44.2 Å². The molecule has 2 aliphatic heterocycles. The first-order valence-electron chi connectivity index (χ1n) is 12.1. The second-order valence-corrected chi connectivity index (χ2v) is 12.4. The van der Waals surface area contributed by atoms with E-state index in [0.29, 0.717) is 5.56 Å². The van der Waals surface area contributed by atoms with Gasteiger partial charge in [0.25, 0.3) is 20.2 Å². The Labute approximate surface area is 222 Å². The lowest BCUT2D eigenvalue weighted by molar-refractivity contribution is -0.307. The Bertz CT molecular complexity index is 1460. The average Bonchev–Trinajstić information content (AvgIpc) is 2.90. The van der Waals surface area contributed by atoms with E-state index in [-0.39, 0.29) is 23.0 Å². The molecule has 3 aromatic rings. The van der Waals surface area contributed by atoms with Crippen LogP contribution < -0.4 is 0 Å². The molecule has 202 valence electrons. The van der Waals surface area contributed by atoms with Gasteiger partial charge in [-0.2, -0.15) is 16.8 Å². The Kier molecular flexibility index (Phi) is 7.70. The molecular weight excluding hydrogens is 532 g/mol. The molecule has 9 nitrogen and oxygen atoms in total. The molecule has 0 unspecified atom stereocenters. The van der Waals surface area contributed by atoms with Crippen molar-refractivity contribution in [3.8, 4) is 0 Å². The van der Waals surface area contributed by atoms with Gasteiger partial charge in [-0.15, -0.1) is 0 Å². The Hall–Kier alpha value is -2.64. The highest BCUT2D eigenvalue weighted by Gasteiger charge is 2.50. The third-order valence-corrected chi connectivity index (χ3v) is 9.08. The molecule has 0 spiro atoms. The predicted octanol–water partition coefficient (Wildman–Crippen LogP) is 3.66. The van der Waals surface area contributed by atoms with Gasteiger partial charge in [-0.3, -0.25) is 8.37 Å². The van der Waals surface area contributed by atoms with Crippen molar-refractivity contribution in [2.45, 2.75) is 54.3 Å². The third-order valence-electron chi connectivity index (χ3n) is 6.40. The molecule has 2 aliphatic rings. The molecule has 0 aromatic heterocycles. The summed E-state index contributed by atoms with van der Waals surface area (Å²) >= 11 is 0. The van der Waals surface area contributed by atoms with Gasteiger partial charge in [0, 0.05) is 5.56 Å². The number of rotatable bonds is 7. The van der Waals surface area contributed by atoms with Gasteiger partial charge in [-0.25, -0.2) is 0 Å². The molecule has 0 amide bonds. The summed E-state index contributed by atoms with van der Waals surface area (Å²) in [6.07, 6.45) is -5.18. The van der Waals surface area contributed by atoms with Crippen molar-refractivity contribution in [3.63, 3.8) is 0 Å². The lowest BCUT2D eigenvalue weighted by Gasteiger charge is -2.45. The van der Waals surface area contributed by atoms with Gasteiger partial charge in [0.05, 0.1) is 23.0 Å². The maximum Gasteiger partial charge on any atom is 0.297 e. The molecule has 0 saturated carbocycles. The van der Waals surface area contributed by atoms with E-state index in [0.717, 1.165) is 11.1 Å². The molecule has 2 saturated heterocycles. The maximum atomic E-state index is 13.3. The Morgan fingerprint density at radius 2 is 1.24 bits per heavy atom. The van der Waals surface area contributed by atoms with Gasteiger partial charge in [0.15, 0.2) is 6.29 Å². The number of benzene rings is 3. The summed E-state index contributed by atoms with van der Waals surface area (Å²) in [5.41, 5.74) is 2.46. The number of aryl methyl sites for hydroxylation is 2. The lowest BCUT2D eigenvalue weighted by atomic mass is 9.99. The second kappa shape index (κ2) is 10.9. The zero-order chi connectivity index (χ0) is 26.9.